The van der Waals surface area contributed by atoms with Crippen LogP contribution in [0.15, 0.2) is 18.2 Å². The lowest BCUT2D eigenvalue weighted by molar-refractivity contribution is -0.114. The quantitative estimate of drug-likeness (QED) is 0.891. The Hall–Kier alpha value is -1.95. The third kappa shape index (κ3) is 3.44. The molecule has 2 amide bonds. The lowest BCUT2D eigenvalue weighted by Crippen LogP contribution is -2.37. The molecule has 0 unspecified atom stereocenters. The van der Waals surface area contributed by atoms with Gasteiger partial charge in [-0.1, -0.05) is 0 Å². The highest BCUT2D eigenvalue weighted by atomic mass is 19.1. The van der Waals surface area contributed by atoms with E-state index in [0.717, 1.165) is 19.5 Å². The van der Waals surface area contributed by atoms with Crippen LogP contribution in [0.1, 0.15) is 36.5 Å². The van der Waals surface area contributed by atoms with Gasteiger partial charge < -0.3 is 10.6 Å². The maximum absolute atomic E-state index is 13.9. The van der Waals surface area contributed by atoms with Crippen LogP contribution in [0.25, 0.3) is 0 Å². The van der Waals surface area contributed by atoms with Gasteiger partial charge in [0.25, 0.3) is 5.91 Å². The summed E-state index contributed by atoms with van der Waals surface area (Å²) in [6.45, 7) is 3.20. The molecule has 1 aliphatic heterocycles. The van der Waals surface area contributed by atoms with Crippen molar-refractivity contribution >= 4 is 17.5 Å². The molecule has 6 heteroatoms. The Morgan fingerprint density at radius 3 is 2.73 bits per heavy atom. The predicted octanol–water partition coefficient (Wildman–Crippen LogP) is 1.75. The molecule has 1 aromatic carbocycles. The highest BCUT2D eigenvalue weighted by Gasteiger charge is 2.35. The van der Waals surface area contributed by atoms with Gasteiger partial charge in [-0.05, 0) is 37.5 Å². The molecule has 3 rings (SSSR count). The molecule has 2 fully saturated rings. The first-order chi connectivity index (χ1) is 10.5. The summed E-state index contributed by atoms with van der Waals surface area (Å²) in [5, 5.41) is 5.45. The molecule has 1 aliphatic carbocycles. The van der Waals surface area contributed by atoms with Crippen molar-refractivity contribution in [3.63, 3.8) is 0 Å². The normalized spacial score (nSPS) is 21.6. The number of anilines is 1. The van der Waals surface area contributed by atoms with Gasteiger partial charge in [-0.25, -0.2) is 4.39 Å². The lowest BCUT2D eigenvalue weighted by Gasteiger charge is -2.16. The van der Waals surface area contributed by atoms with Gasteiger partial charge in [0, 0.05) is 37.8 Å². The summed E-state index contributed by atoms with van der Waals surface area (Å²) in [4.78, 5) is 25.7. The molecule has 1 heterocycles. The van der Waals surface area contributed by atoms with E-state index < -0.39 is 11.7 Å². The molecular weight excluding hydrogens is 285 g/mol. The number of nitrogens with zero attached hydrogens (tertiary/aromatic N) is 1. The molecular formula is C16H20FN3O2. The van der Waals surface area contributed by atoms with Gasteiger partial charge >= 0.3 is 0 Å². The standard InChI is InChI=1S/C16H20FN3O2/c1-10(21)18-11-2-5-15(17)14(8-11)16(22)19-12-6-7-20(9-12)13-3-4-13/h2,5,8,12-13H,3-4,6-7,9H2,1H3,(H,18,21)(H,19,22)/t12-/m1/s1. The first-order valence-corrected chi connectivity index (χ1v) is 7.65. The van der Waals surface area contributed by atoms with E-state index in [4.69, 9.17) is 0 Å². The van der Waals surface area contributed by atoms with Crippen LogP contribution in [0.3, 0.4) is 0 Å². The van der Waals surface area contributed by atoms with Crippen molar-refractivity contribution in [3.05, 3.63) is 29.6 Å². The number of hydrogen-bond donors (Lipinski definition) is 2. The topological polar surface area (TPSA) is 61.4 Å². The summed E-state index contributed by atoms with van der Waals surface area (Å²) in [7, 11) is 0. The molecule has 1 saturated heterocycles. The molecule has 22 heavy (non-hydrogen) atoms. The highest BCUT2D eigenvalue weighted by molar-refractivity contribution is 5.97. The Kier molecular flexibility index (Phi) is 4.11. The molecule has 1 saturated carbocycles. The molecule has 0 radical (unpaired) electrons. The monoisotopic (exact) mass is 305 g/mol. The van der Waals surface area contributed by atoms with Crippen molar-refractivity contribution in [3.8, 4) is 0 Å². The molecule has 0 spiro atoms. The summed E-state index contributed by atoms with van der Waals surface area (Å²) >= 11 is 0. The van der Waals surface area contributed by atoms with E-state index in [1.807, 2.05) is 0 Å². The lowest BCUT2D eigenvalue weighted by atomic mass is 10.1. The number of hydrogen-bond acceptors (Lipinski definition) is 3. The minimum absolute atomic E-state index is 0.0314. The Labute approximate surface area is 128 Å². The summed E-state index contributed by atoms with van der Waals surface area (Å²) < 4.78 is 13.9. The number of halogens is 1. The average molecular weight is 305 g/mol. The van der Waals surface area contributed by atoms with E-state index in [9.17, 15) is 14.0 Å². The number of rotatable bonds is 4. The Morgan fingerprint density at radius 1 is 1.27 bits per heavy atom. The molecule has 1 aromatic rings. The number of amides is 2. The highest BCUT2D eigenvalue weighted by Crippen LogP contribution is 2.29. The summed E-state index contributed by atoms with van der Waals surface area (Å²) in [5.41, 5.74) is 0.390. The zero-order valence-corrected chi connectivity index (χ0v) is 12.6. The number of benzene rings is 1. The first-order valence-electron chi connectivity index (χ1n) is 7.65. The van der Waals surface area contributed by atoms with Crippen molar-refractivity contribution in [2.75, 3.05) is 18.4 Å². The first kappa shape index (κ1) is 15.0. The Morgan fingerprint density at radius 2 is 2.05 bits per heavy atom. The Balaban J connectivity index is 1.65. The van der Waals surface area contributed by atoms with Crippen molar-refractivity contribution in [1.82, 2.24) is 10.2 Å². The fourth-order valence-corrected chi connectivity index (χ4v) is 2.92. The molecule has 1 atom stereocenters. The minimum atomic E-state index is -0.580. The number of nitrogens with one attached hydrogen (secondary N) is 2. The van der Waals surface area contributed by atoms with Crippen LogP contribution in [-0.4, -0.2) is 41.9 Å². The van der Waals surface area contributed by atoms with Gasteiger partial charge in [0.2, 0.25) is 5.91 Å². The fourth-order valence-electron chi connectivity index (χ4n) is 2.92. The molecule has 0 aromatic heterocycles. The summed E-state index contributed by atoms with van der Waals surface area (Å²) in [6, 6.07) is 4.77. The predicted molar refractivity (Wildman–Crippen MR) is 81.2 cm³/mol. The number of carbonyl (C=O) groups excluding carboxylic acids is 2. The molecule has 2 N–H and O–H groups in total. The second kappa shape index (κ2) is 6.04. The van der Waals surface area contributed by atoms with E-state index in [2.05, 4.69) is 15.5 Å². The number of likely N-dealkylation sites (tertiary alicyclic amines) is 1. The largest absolute Gasteiger partial charge is 0.348 e. The maximum Gasteiger partial charge on any atom is 0.254 e. The Bertz CT molecular complexity index is 601. The average Bonchev–Trinajstić information content (AvgIpc) is 3.21. The maximum atomic E-state index is 13.9. The minimum Gasteiger partial charge on any atom is -0.348 e. The van der Waals surface area contributed by atoms with Crippen LogP contribution in [0.2, 0.25) is 0 Å². The van der Waals surface area contributed by atoms with Gasteiger partial charge in [-0.3, -0.25) is 14.5 Å². The molecule has 2 aliphatic rings. The van der Waals surface area contributed by atoms with Crippen LogP contribution in [0.4, 0.5) is 10.1 Å². The second-order valence-electron chi connectivity index (χ2n) is 6.06. The van der Waals surface area contributed by atoms with Crippen molar-refractivity contribution in [1.29, 1.82) is 0 Å². The van der Waals surface area contributed by atoms with Crippen LogP contribution in [0.5, 0.6) is 0 Å². The fraction of sp³-hybridized carbons (Fsp3) is 0.500. The van der Waals surface area contributed by atoms with E-state index in [1.54, 1.807) is 0 Å². The SMILES string of the molecule is CC(=O)Nc1ccc(F)c(C(=O)N[C@@H]2CCN(C3CC3)C2)c1. The zero-order valence-electron chi connectivity index (χ0n) is 12.6. The van der Waals surface area contributed by atoms with E-state index in [1.165, 1.54) is 38.0 Å². The van der Waals surface area contributed by atoms with Crippen molar-refractivity contribution < 1.29 is 14.0 Å². The van der Waals surface area contributed by atoms with Gasteiger partial charge in [0.15, 0.2) is 0 Å². The summed E-state index contributed by atoms with van der Waals surface area (Å²) in [6.07, 6.45) is 3.39. The molecule has 118 valence electrons. The van der Waals surface area contributed by atoms with E-state index in [-0.39, 0.29) is 17.5 Å². The van der Waals surface area contributed by atoms with Gasteiger partial charge in [-0.2, -0.15) is 0 Å². The van der Waals surface area contributed by atoms with Gasteiger partial charge in [0.1, 0.15) is 5.82 Å². The summed E-state index contributed by atoms with van der Waals surface area (Å²) in [5.74, 6) is -1.26. The van der Waals surface area contributed by atoms with Crippen LogP contribution in [0, 0.1) is 5.82 Å². The number of carbonyl (C=O) groups is 2. The third-order valence-corrected chi connectivity index (χ3v) is 4.15. The van der Waals surface area contributed by atoms with Crippen LogP contribution in [-0.2, 0) is 4.79 Å². The second-order valence-corrected chi connectivity index (χ2v) is 6.06. The van der Waals surface area contributed by atoms with Crippen molar-refractivity contribution in [2.45, 2.75) is 38.3 Å². The van der Waals surface area contributed by atoms with Crippen LogP contribution < -0.4 is 10.6 Å². The van der Waals surface area contributed by atoms with E-state index >= 15 is 0 Å². The van der Waals surface area contributed by atoms with E-state index in [0.29, 0.717) is 11.7 Å². The van der Waals surface area contributed by atoms with Gasteiger partial charge in [0.05, 0.1) is 5.56 Å². The van der Waals surface area contributed by atoms with Crippen molar-refractivity contribution in [2.24, 2.45) is 0 Å². The van der Waals surface area contributed by atoms with Crippen LogP contribution >= 0.6 is 0 Å². The third-order valence-electron chi connectivity index (χ3n) is 4.15. The molecule has 0 bridgehead atoms. The molecule has 5 nitrogen and oxygen atoms in total. The zero-order chi connectivity index (χ0) is 15.7. The van der Waals surface area contributed by atoms with Gasteiger partial charge in [-0.15, -0.1) is 0 Å². The smallest absolute Gasteiger partial charge is 0.254 e.